The van der Waals surface area contributed by atoms with E-state index in [1.165, 1.54) is 6.07 Å². The number of amides is 2. The van der Waals surface area contributed by atoms with Gasteiger partial charge in [-0.25, -0.2) is 9.18 Å². The van der Waals surface area contributed by atoms with Crippen LogP contribution in [-0.4, -0.2) is 66.3 Å². The SMILES string of the molecule is CN1CCN(c2cccc(O[C@H]3c4cc(Cl)cc(F)c4C[C@@H]3N3CCC(O)C3)c2)C1=O. The number of carbonyl (C=O) groups excluding carboxylic acids is 1. The number of β-amino-alcohol motifs (C(OH)–C–C–N with tert-alkyl or cyclic N) is 1. The van der Waals surface area contributed by atoms with Crippen LogP contribution in [0.5, 0.6) is 5.75 Å². The predicted molar refractivity (Wildman–Crippen MR) is 116 cm³/mol. The van der Waals surface area contributed by atoms with Crippen LogP contribution in [0, 0.1) is 5.82 Å². The number of aliphatic hydroxyl groups is 1. The van der Waals surface area contributed by atoms with Gasteiger partial charge in [0.2, 0.25) is 0 Å². The quantitative estimate of drug-likeness (QED) is 0.783. The summed E-state index contributed by atoms with van der Waals surface area (Å²) in [5.74, 6) is 0.292. The molecule has 0 aromatic heterocycles. The minimum atomic E-state index is -0.416. The second kappa shape index (κ2) is 7.97. The molecule has 0 bridgehead atoms. The van der Waals surface area contributed by atoms with E-state index in [-0.39, 0.29) is 24.0 Å². The van der Waals surface area contributed by atoms with Crippen LogP contribution in [-0.2, 0) is 6.42 Å². The highest BCUT2D eigenvalue weighted by molar-refractivity contribution is 6.30. The molecular formula is C23H25ClFN3O3. The van der Waals surface area contributed by atoms with Crippen LogP contribution in [0.15, 0.2) is 36.4 Å². The number of benzene rings is 2. The van der Waals surface area contributed by atoms with Gasteiger partial charge in [-0.1, -0.05) is 17.7 Å². The molecule has 8 heteroatoms. The summed E-state index contributed by atoms with van der Waals surface area (Å²) in [6.45, 7) is 2.59. The van der Waals surface area contributed by atoms with Gasteiger partial charge >= 0.3 is 6.03 Å². The van der Waals surface area contributed by atoms with E-state index in [0.717, 1.165) is 17.8 Å². The topological polar surface area (TPSA) is 56.3 Å². The Bertz CT molecular complexity index is 1020. The van der Waals surface area contributed by atoms with Gasteiger partial charge in [-0.3, -0.25) is 9.80 Å². The first-order chi connectivity index (χ1) is 14.9. The number of urea groups is 1. The number of hydrogen-bond acceptors (Lipinski definition) is 4. The van der Waals surface area contributed by atoms with Gasteiger partial charge in [0.05, 0.1) is 12.1 Å². The average molecular weight is 446 g/mol. The number of carbonyl (C=O) groups is 1. The molecule has 164 valence electrons. The monoisotopic (exact) mass is 445 g/mol. The molecule has 2 amide bonds. The fraction of sp³-hybridized carbons (Fsp3) is 0.435. The van der Waals surface area contributed by atoms with Gasteiger partial charge < -0.3 is 14.7 Å². The third kappa shape index (κ3) is 3.75. The number of likely N-dealkylation sites (N-methyl/N-ethyl adjacent to an activating group) is 1. The highest BCUT2D eigenvalue weighted by Gasteiger charge is 2.42. The summed E-state index contributed by atoms with van der Waals surface area (Å²) < 4.78 is 21.1. The van der Waals surface area contributed by atoms with Crippen molar-refractivity contribution in [2.45, 2.75) is 31.1 Å². The van der Waals surface area contributed by atoms with Crippen molar-refractivity contribution < 1.29 is 19.0 Å². The van der Waals surface area contributed by atoms with Crippen LogP contribution >= 0.6 is 11.6 Å². The van der Waals surface area contributed by atoms with Crippen LogP contribution in [0.25, 0.3) is 0 Å². The van der Waals surface area contributed by atoms with Gasteiger partial charge in [-0.15, -0.1) is 0 Å². The molecule has 0 spiro atoms. The normalized spacial score (nSPS) is 26.1. The minimum absolute atomic E-state index is 0.0406. The first-order valence-corrected chi connectivity index (χ1v) is 11.0. The number of hydrogen-bond donors (Lipinski definition) is 1. The van der Waals surface area contributed by atoms with Gasteiger partial charge in [0.25, 0.3) is 0 Å². The van der Waals surface area contributed by atoms with Crippen molar-refractivity contribution in [2.24, 2.45) is 0 Å². The molecule has 1 N–H and O–H groups in total. The molecule has 1 unspecified atom stereocenters. The predicted octanol–water partition coefficient (Wildman–Crippen LogP) is 3.46. The number of anilines is 1. The zero-order valence-electron chi connectivity index (χ0n) is 17.3. The van der Waals surface area contributed by atoms with E-state index in [2.05, 4.69) is 4.90 Å². The Labute approximate surface area is 185 Å². The van der Waals surface area contributed by atoms with Crippen LogP contribution in [0.1, 0.15) is 23.7 Å². The van der Waals surface area contributed by atoms with E-state index >= 15 is 0 Å². The average Bonchev–Trinajstić information content (AvgIpc) is 3.41. The molecule has 0 saturated carbocycles. The molecule has 0 radical (unpaired) electrons. The number of ether oxygens (including phenoxy) is 1. The van der Waals surface area contributed by atoms with Crippen LogP contribution in [0.4, 0.5) is 14.9 Å². The summed E-state index contributed by atoms with van der Waals surface area (Å²) in [5.41, 5.74) is 2.14. The van der Waals surface area contributed by atoms with Gasteiger partial charge in [-0.2, -0.15) is 0 Å². The second-order valence-corrected chi connectivity index (χ2v) is 8.99. The molecule has 1 aliphatic carbocycles. The van der Waals surface area contributed by atoms with Crippen molar-refractivity contribution in [2.75, 3.05) is 38.1 Å². The molecule has 2 aliphatic heterocycles. The Morgan fingerprint density at radius 2 is 2.03 bits per heavy atom. The van der Waals surface area contributed by atoms with E-state index in [9.17, 15) is 14.3 Å². The van der Waals surface area contributed by atoms with Crippen molar-refractivity contribution in [3.05, 3.63) is 58.4 Å². The largest absolute Gasteiger partial charge is 0.484 e. The molecule has 2 aromatic carbocycles. The summed E-state index contributed by atoms with van der Waals surface area (Å²) in [7, 11) is 1.78. The van der Waals surface area contributed by atoms with Crippen molar-refractivity contribution in [1.82, 2.24) is 9.80 Å². The van der Waals surface area contributed by atoms with Crippen LogP contribution in [0.2, 0.25) is 5.02 Å². The number of rotatable bonds is 4. The van der Waals surface area contributed by atoms with Gasteiger partial charge in [0, 0.05) is 55.6 Å². The van der Waals surface area contributed by atoms with E-state index < -0.39 is 6.10 Å². The maximum absolute atomic E-state index is 14.7. The maximum atomic E-state index is 14.7. The molecule has 2 saturated heterocycles. The Morgan fingerprint density at radius 3 is 2.74 bits per heavy atom. The molecule has 3 aliphatic rings. The summed E-state index contributed by atoms with van der Waals surface area (Å²) in [4.78, 5) is 18.0. The standard InChI is InChI=1S/C23H25ClFN3O3/c1-26-7-8-28(23(26)30)15-3-2-4-17(11-15)31-22-19-9-14(24)10-20(25)18(19)12-21(22)27-6-5-16(29)13-27/h2-4,9-11,16,21-22,29H,5-8,12-13H2,1H3/t16?,21-,22-/m0/s1. The van der Waals surface area contributed by atoms with Gasteiger partial charge in [-0.05, 0) is 42.7 Å². The molecule has 2 fully saturated rings. The van der Waals surface area contributed by atoms with E-state index in [4.69, 9.17) is 16.3 Å². The first-order valence-electron chi connectivity index (χ1n) is 10.6. The van der Waals surface area contributed by atoms with Crippen molar-refractivity contribution >= 4 is 23.3 Å². The smallest absolute Gasteiger partial charge is 0.324 e. The zero-order valence-corrected chi connectivity index (χ0v) is 18.1. The Balaban J connectivity index is 1.46. The lowest BCUT2D eigenvalue weighted by Gasteiger charge is -2.30. The fourth-order valence-corrected chi connectivity index (χ4v) is 5.12. The number of aliphatic hydroxyl groups excluding tert-OH is 1. The zero-order chi connectivity index (χ0) is 21.7. The van der Waals surface area contributed by atoms with Crippen LogP contribution in [0.3, 0.4) is 0 Å². The van der Waals surface area contributed by atoms with E-state index in [1.54, 1.807) is 22.9 Å². The van der Waals surface area contributed by atoms with Crippen molar-refractivity contribution in [3.63, 3.8) is 0 Å². The molecule has 31 heavy (non-hydrogen) atoms. The Hall–Kier alpha value is -2.35. The molecule has 5 rings (SSSR count). The van der Waals surface area contributed by atoms with E-state index in [1.807, 2.05) is 24.3 Å². The third-order valence-corrected chi connectivity index (χ3v) is 6.75. The molecule has 6 nitrogen and oxygen atoms in total. The van der Waals surface area contributed by atoms with Gasteiger partial charge in [0.1, 0.15) is 17.7 Å². The Morgan fingerprint density at radius 1 is 1.19 bits per heavy atom. The van der Waals surface area contributed by atoms with Crippen molar-refractivity contribution in [3.8, 4) is 5.75 Å². The number of halogens is 2. The first kappa shape index (κ1) is 20.5. The number of likely N-dealkylation sites (tertiary alicyclic amines) is 1. The summed E-state index contributed by atoms with van der Waals surface area (Å²) in [6.07, 6.45) is 0.410. The highest BCUT2D eigenvalue weighted by atomic mass is 35.5. The summed E-state index contributed by atoms with van der Waals surface area (Å²) in [5, 5.41) is 10.4. The molecule has 2 aromatic rings. The molecular weight excluding hydrogens is 421 g/mol. The van der Waals surface area contributed by atoms with E-state index in [0.29, 0.717) is 48.8 Å². The number of fused-ring (bicyclic) bond motifs is 1. The molecule has 3 atom stereocenters. The molecule has 2 heterocycles. The number of nitrogens with zero attached hydrogens (tertiary/aromatic N) is 3. The summed E-state index contributed by atoms with van der Waals surface area (Å²) >= 11 is 6.17. The lowest BCUT2D eigenvalue weighted by atomic mass is 10.1. The van der Waals surface area contributed by atoms with Gasteiger partial charge in [0.15, 0.2) is 0 Å². The van der Waals surface area contributed by atoms with Crippen molar-refractivity contribution in [1.29, 1.82) is 0 Å². The highest BCUT2D eigenvalue weighted by Crippen LogP contribution is 2.42. The second-order valence-electron chi connectivity index (χ2n) is 8.56. The maximum Gasteiger partial charge on any atom is 0.324 e. The Kier molecular flexibility index (Phi) is 5.28. The summed E-state index contributed by atoms with van der Waals surface area (Å²) in [6, 6.07) is 10.4. The minimum Gasteiger partial charge on any atom is -0.484 e. The van der Waals surface area contributed by atoms with Crippen LogP contribution < -0.4 is 9.64 Å². The third-order valence-electron chi connectivity index (χ3n) is 6.54. The lowest BCUT2D eigenvalue weighted by Crippen LogP contribution is -2.39. The lowest BCUT2D eigenvalue weighted by molar-refractivity contribution is 0.0818. The fourth-order valence-electron chi connectivity index (χ4n) is 4.91.